The van der Waals surface area contributed by atoms with Crippen molar-refractivity contribution in [2.24, 2.45) is 11.8 Å². The summed E-state index contributed by atoms with van der Waals surface area (Å²) in [5.41, 5.74) is 0. The highest BCUT2D eigenvalue weighted by Gasteiger charge is 2.45. The van der Waals surface area contributed by atoms with Gasteiger partial charge < -0.3 is 9.53 Å². The molecule has 0 saturated heterocycles. The molecule has 2 rings (SSSR count). The van der Waals surface area contributed by atoms with Gasteiger partial charge >= 0.3 is 0 Å². The number of fused-ring (bicyclic) bond motifs is 1. The summed E-state index contributed by atoms with van der Waals surface area (Å²) in [6.45, 7) is 6.63. The molecule has 0 spiro atoms. The highest BCUT2D eigenvalue weighted by molar-refractivity contribution is 6.31. The van der Waals surface area contributed by atoms with Crippen LogP contribution in [0.1, 0.15) is 46.5 Å². The second-order valence-corrected chi connectivity index (χ2v) is 8.01. The van der Waals surface area contributed by atoms with Crippen molar-refractivity contribution < 1.29 is 9.53 Å². The molecular weight excluding hydrogens is 204 g/mol. The summed E-state index contributed by atoms with van der Waals surface area (Å²) in [6.07, 6.45) is 4.88. The molecule has 0 aromatic carbocycles. The smallest absolute Gasteiger partial charge is 0.236 e. The van der Waals surface area contributed by atoms with Gasteiger partial charge in [-0.3, -0.25) is 0 Å². The van der Waals surface area contributed by atoms with Gasteiger partial charge in [0.2, 0.25) is 9.76 Å². The standard InChI is InChI=1S/C12H22O2Si/c1-12(2,3)15-14-10-7-5-8-4-6-9(13)11(8)10/h8-11,13H,4-7H2,1-3H3/t8-,9+,10?,11+/m1/s1. The third kappa shape index (κ3) is 2.63. The van der Waals surface area contributed by atoms with Crippen molar-refractivity contribution in [3.05, 3.63) is 0 Å². The van der Waals surface area contributed by atoms with E-state index in [1.807, 2.05) is 0 Å². The Balaban J connectivity index is 1.88. The highest BCUT2D eigenvalue weighted by Crippen LogP contribution is 2.45. The van der Waals surface area contributed by atoms with Gasteiger partial charge in [-0.15, -0.1) is 0 Å². The number of aliphatic hydroxyl groups is 1. The van der Waals surface area contributed by atoms with Crippen LogP contribution in [0.2, 0.25) is 5.04 Å². The van der Waals surface area contributed by atoms with Crippen LogP contribution in [0.3, 0.4) is 0 Å². The van der Waals surface area contributed by atoms with Crippen LogP contribution >= 0.6 is 0 Å². The molecule has 3 heteroatoms. The Morgan fingerprint density at radius 3 is 2.47 bits per heavy atom. The average Bonchev–Trinajstić information content (AvgIpc) is 2.65. The minimum atomic E-state index is -0.0905. The van der Waals surface area contributed by atoms with E-state index in [0.29, 0.717) is 21.8 Å². The van der Waals surface area contributed by atoms with Crippen LogP contribution in [0.15, 0.2) is 0 Å². The Bertz CT molecular complexity index is 224. The molecule has 15 heavy (non-hydrogen) atoms. The van der Waals surface area contributed by atoms with Crippen molar-refractivity contribution in [1.82, 2.24) is 0 Å². The summed E-state index contributed by atoms with van der Waals surface area (Å²) in [5.74, 6) is 1.19. The van der Waals surface area contributed by atoms with E-state index in [1.54, 1.807) is 0 Å². The molecule has 86 valence electrons. The second kappa shape index (κ2) is 4.19. The molecule has 0 aromatic heterocycles. The summed E-state index contributed by atoms with van der Waals surface area (Å²) in [5, 5.41) is 10.2. The molecule has 0 bridgehead atoms. The number of aliphatic hydroxyl groups excluding tert-OH is 1. The van der Waals surface area contributed by atoms with Crippen molar-refractivity contribution >= 4 is 9.76 Å². The van der Waals surface area contributed by atoms with Crippen LogP contribution in [0, 0.1) is 11.8 Å². The van der Waals surface area contributed by atoms with Gasteiger partial charge in [0.25, 0.3) is 0 Å². The molecule has 2 saturated carbocycles. The molecule has 0 aromatic rings. The quantitative estimate of drug-likeness (QED) is 0.733. The minimum absolute atomic E-state index is 0.0905. The lowest BCUT2D eigenvalue weighted by Gasteiger charge is -2.26. The van der Waals surface area contributed by atoms with E-state index >= 15 is 0 Å². The molecule has 4 atom stereocenters. The maximum Gasteiger partial charge on any atom is 0.236 e. The number of hydrogen-bond acceptors (Lipinski definition) is 2. The van der Waals surface area contributed by atoms with Crippen LogP contribution < -0.4 is 0 Å². The van der Waals surface area contributed by atoms with Crippen molar-refractivity contribution in [3.63, 3.8) is 0 Å². The average molecular weight is 226 g/mol. The zero-order valence-corrected chi connectivity index (χ0v) is 11.0. The van der Waals surface area contributed by atoms with E-state index in [1.165, 1.54) is 12.8 Å². The fraction of sp³-hybridized carbons (Fsp3) is 1.00. The van der Waals surface area contributed by atoms with E-state index in [2.05, 4.69) is 20.8 Å². The first-order valence-electron chi connectivity index (χ1n) is 6.08. The van der Waals surface area contributed by atoms with E-state index in [9.17, 15) is 5.11 Å². The van der Waals surface area contributed by atoms with E-state index in [4.69, 9.17) is 4.43 Å². The Kier molecular flexibility index (Phi) is 3.24. The summed E-state index contributed by atoms with van der Waals surface area (Å²) in [7, 11) is 0.561. The van der Waals surface area contributed by atoms with Gasteiger partial charge in [0.1, 0.15) is 0 Å². The molecule has 1 unspecified atom stereocenters. The zero-order chi connectivity index (χ0) is 11.1. The molecule has 2 fully saturated rings. The summed E-state index contributed by atoms with van der Waals surface area (Å²) in [6, 6.07) is 0. The fourth-order valence-electron chi connectivity index (χ4n) is 2.93. The number of rotatable bonds is 2. The van der Waals surface area contributed by atoms with Gasteiger partial charge in [0.15, 0.2) is 0 Å². The normalized spacial score (nSPS) is 40.8. The van der Waals surface area contributed by atoms with Gasteiger partial charge in [-0.25, -0.2) is 0 Å². The molecule has 0 aliphatic heterocycles. The van der Waals surface area contributed by atoms with Gasteiger partial charge in [-0.1, -0.05) is 20.8 Å². The fourth-order valence-corrected chi connectivity index (χ4v) is 3.71. The molecule has 2 radical (unpaired) electrons. The third-order valence-corrected chi connectivity index (χ3v) is 4.62. The highest BCUT2D eigenvalue weighted by atomic mass is 28.2. The number of hydrogen-bond donors (Lipinski definition) is 1. The summed E-state index contributed by atoms with van der Waals surface area (Å²) >= 11 is 0. The first-order chi connectivity index (χ1) is 6.97. The lowest BCUT2D eigenvalue weighted by molar-refractivity contribution is 0.0532. The van der Waals surface area contributed by atoms with Crippen LogP contribution in [0.5, 0.6) is 0 Å². The molecular formula is C12H22O2Si. The summed E-state index contributed by atoms with van der Waals surface area (Å²) < 4.78 is 6.02. The van der Waals surface area contributed by atoms with Crippen LogP contribution in [-0.2, 0) is 4.43 Å². The predicted molar refractivity (Wildman–Crippen MR) is 61.8 cm³/mol. The summed E-state index contributed by atoms with van der Waals surface area (Å²) in [4.78, 5) is 0. The van der Waals surface area contributed by atoms with Crippen LogP contribution in [-0.4, -0.2) is 27.1 Å². The van der Waals surface area contributed by atoms with E-state index < -0.39 is 0 Å². The van der Waals surface area contributed by atoms with Gasteiger partial charge in [-0.05, 0) is 36.6 Å². The maximum atomic E-state index is 9.92. The van der Waals surface area contributed by atoms with E-state index in [-0.39, 0.29) is 11.1 Å². The third-order valence-electron chi connectivity index (χ3n) is 3.59. The zero-order valence-electron chi connectivity index (χ0n) is 9.99. The molecule has 1 N–H and O–H groups in total. The Morgan fingerprint density at radius 1 is 1.13 bits per heavy atom. The van der Waals surface area contributed by atoms with Gasteiger partial charge in [-0.2, -0.15) is 0 Å². The predicted octanol–water partition coefficient (Wildman–Crippen LogP) is 2.39. The largest absolute Gasteiger partial charge is 0.414 e. The first kappa shape index (κ1) is 11.6. The van der Waals surface area contributed by atoms with Crippen LogP contribution in [0.4, 0.5) is 0 Å². The van der Waals surface area contributed by atoms with E-state index in [0.717, 1.165) is 18.8 Å². The SMILES string of the molecule is CC(C)(C)[Si]OC1CC[C@H]2CC[C@H](O)[C@@H]12. The van der Waals surface area contributed by atoms with Crippen molar-refractivity contribution in [2.45, 2.75) is 63.7 Å². The Labute approximate surface area is 95.3 Å². The topological polar surface area (TPSA) is 29.5 Å². The molecule has 0 heterocycles. The minimum Gasteiger partial charge on any atom is -0.414 e. The van der Waals surface area contributed by atoms with Gasteiger partial charge in [0.05, 0.1) is 12.2 Å². The molecule has 0 amide bonds. The lowest BCUT2D eigenvalue weighted by Crippen LogP contribution is -2.31. The lowest BCUT2D eigenvalue weighted by atomic mass is 9.98. The van der Waals surface area contributed by atoms with Crippen molar-refractivity contribution in [2.75, 3.05) is 0 Å². The Morgan fingerprint density at radius 2 is 1.80 bits per heavy atom. The van der Waals surface area contributed by atoms with Gasteiger partial charge in [0, 0.05) is 5.92 Å². The second-order valence-electron chi connectivity index (χ2n) is 6.07. The van der Waals surface area contributed by atoms with Crippen LogP contribution in [0.25, 0.3) is 0 Å². The molecule has 2 nitrogen and oxygen atoms in total. The van der Waals surface area contributed by atoms with Crippen molar-refractivity contribution in [3.8, 4) is 0 Å². The molecule has 2 aliphatic rings. The van der Waals surface area contributed by atoms with Crippen molar-refractivity contribution in [1.29, 1.82) is 0 Å². The Hall–Kier alpha value is 0.137. The molecule has 2 aliphatic carbocycles. The first-order valence-corrected chi connectivity index (χ1v) is 6.99. The monoisotopic (exact) mass is 226 g/mol. The maximum absolute atomic E-state index is 9.92.